The predicted octanol–water partition coefficient (Wildman–Crippen LogP) is 1.08. The van der Waals surface area contributed by atoms with Gasteiger partial charge in [0.2, 0.25) is 5.91 Å². The van der Waals surface area contributed by atoms with Gasteiger partial charge in [0.15, 0.2) is 0 Å². The first-order valence-corrected chi connectivity index (χ1v) is 5.38. The number of hydrogen-bond acceptors (Lipinski definition) is 3. The molecule has 84 valence electrons. The molecule has 0 saturated heterocycles. The van der Waals surface area contributed by atoms with Gasteiger partial charge in [-0.05, 0) is 5.92 Å². The molecule has 14 heavy (non-hydrogen) atoms. The molecular formula is C10H21NO2S. The van der Waals surface area contributed by atoms with Crippen LogP contribution < -0.4 is 5.32 Å². The fourth-order valence-corrected chi connectivity index (χ4v) is 0.881. The summed E-state index contributed by atoms with van der Waals surface area (Å²) >= 11 is 4.20. The van der Waals surface area contributed by atoms with Crippen molar-refractivity contribution in [2.24, 2.45) is 11.3 Å². The van der Waals surface area contributed by atoms with Crippen LogP contribution in [0.3, 0.4) is 0 Å². The number of carbonyl (C=O) groups is 1. The molecule has 0 fully saturated rings. The van der Waals surface area contributed by atoms with E-state index in [1.807, 2.05) is 27.7 Å². The van der Waals surface area contributed by atoms with E-state index >= 15 is 0 Å². The molecule has 1 amide bonds. The highest BCUT2D eigenvalue weighted by molar-refractivity contribution is 7.81. The first-order chi connectivity index (χ1) is 6.30. The Morgan fingerprint density at radius 1 is 1.50 bits per heavy atom. The average molecular weight is 219 g/mol. The van der Waals surface area contributed by atoms with Crippen molar-refractivity contribution in [3.05, 3.63) is 0 Å². The van der Waals surface area contributed by atoms with Gasteiger partial charge in [-0.1, -0.05) is 27.7 Å². The van der Waals surface area contributed by atoms with Gasteiger partial charge in [0.25, 0.3) is 0 Å². The van der Waals surface area contributed by atoms with E-state index in [2.05, 4.69) is 17.9 Å². The number of thiol groups is 1. The fraction of sp³-hybridized carbons (Fsp3) is 0.900. The van der Waals surface area contributed by atoms with Gasteiger partial charge < -0.3 is 10.4 Å². The predicted molar refractivity (Wildman–Crippen MR) is 61.5 cm³/mol. The lowest BCUT2D eigenvalue weighted by Gasteiger charge is -2.23. The second kappa shape index (κ2) is 5.61. The number of rotatable bonds is 5. The summed E-state index contributed by atoms with van der Waals surface area (Å²) < 4.78 is 0. The topological polar surface area (TPSA) is 49.3 Å². The highest BCUT2D eigenvalue weighted by Crippen LogP contribution is 2.13. The SMILES string of the molecule is CC(C)C(S)C(=O)NCC(C)(C)CO. The summed E-state index contributed by atoms with van der Waals surface area (Å²) in [5, 5.41) is 11.5. The van der Waals surface area contributed by atoms with Crippen molar-refractivity contribution in [2.75, 3.05) is 13.2 Å². The van der Waals surface area contributed by atoms with Crippen molar-refractivity contribution in [1.29, 1.82) is 0 Å². The van der Waals surface area contributed by atoms with Gasteiger partial charge in [0, 0.05) is 18.6 Å². The number of hydrogen-bond donors (Lipinski definition) is 3. The normalized spacial score (nSPS) is 14.2. The zero-order valence-electron chi connectivity index (χ0n) is 9.37. The molecule has 0 heterocycles. The molecule has 1 unspecified atom stereocenters. The minimum Gasteiger partial charge on any atom is -0.396 e. The summed E-state index contributed by atoms with van der Waals surface area (Å²) in [7, 11) is 0. The van der Waals surface area contributed by atoms with Crippen molar-refractivity contribution in [1.82, 2.24) is 5.32 Å². The Labute approximate surface area is 91.7 Å². The molecule has 1 atom stereocenters. The summed E-state index contributed by atoms with van der Waals surface area (Å²) in [5.74, 6) is 0.153. The molecule has 0 aliphatic rings. The Hall–Kier alpha value is -0.220. The Morgan fingerprint density at radius 3 is 2.36 bits per heavy atom. The number of nitrogens with one attached hydrogen (secondary N) is 1. The first-order valence-electron chi connectivity index (χ1n) is 4.87. The van der Waals surface area contributed by atoms with Gasteiger partial charge >= 0.3 is 0 Å². The zero-order chi connectivity index (χ0) is 11.4. The third-order valence-corrected chi connectivity index (χ3v) is 2.90. The molecule has 0 spiro atoms. The molecule has 0 aliphatic carbocycles. The lowest BCUT2D eigenvalue weighted by Crippen LogP contribution is -2.41. The molecule has 0 aromatic carbocycles. The van der Waals surface area contributed by atoms with Crippen molar-refractivity contribution < 1.29 is 9.90 Å². The summed E-state index contributed by atoms with van der Waals surface area (Å²) in [5.41, 5.74) is -0.264. The Morgan fingerprint density at radius 2 is 2.00 bits per heavy atom. The number of aliphatic hydroxyl groups excluding tert-OH is 1. The van der Waals surface area contributed by atoms with Crippen LogP contribution in [0.25, 0.3) is 0 Å². The van der Waals surface area contributed by atoms with Crippen molar-refractivity contribution in [3.63, 3.8) is 0 Å². The molecule has 0 radical (unpaired) electrons. The standard InChI is InChI=1S/C10H21NO2S/c1-7(2)8(14)9(13)11-5-10(3,4)6-12/h7-8,12,14H,5-6H2,1-4H3,(H,11,13). The van der Waals surface area contributed by atoms with Gasteiger partial charge in [0.05, 0.1) is 5.25 Å². The van der Waals surface area contributed by atoms with Gasteiger partial charge in [-0.15, -0.1) is 0 Å². The number of carbonyl (C=O) groups excluding carboxylic acids is 1. The average Bonchev–Trinajstić information content (AvgIpc) is 2.13. The minimum atomic E-state index is -0.274. The summed E-state index contributed by atoms with van der Waals surface area (Å²) in [4.78, 5) is 11.5. The van der Waals surface area contributed by atoms with Crippen molar-refractivity contribution in [2.45, 2.75) is 32.9 Å². The molecule has 0 aromatic rings. The van der Waals surface area contributed by atoms with E-state index in [4.69, 9.17) is 5.11 Å². The second-order valence-electron chi connectivity index (χ2n) is 4.73. The van der Waals surface area contributed by atoms with Gasteiger partial charge in [-0.25, -0.2) is 0 Å². The molecular weight excluding hydrogens is 198 g/mol. The quantitative estimate of drug-likeness (QED) is 0.606. The van der Waals surface area contributed by atoms with Crippen molar-refractivity contribution in [3.8, 4) is 0 Å². The van der Waals surface area contributed by atoms with Crippen LogP contribution >= 0.6 is 12.6 Å². The summed E-state index contributed by atoms with van der Waals surface area (Å²) in [6.07, 6.45) is 0. The monoisotopic (exact) mass is 219 g/mol. The van der Waals surface area contributed by atoms with Crippen LogP contribution in [0.1, 0.15) is 27.7 Å². The molecule has 0 rings (SSSR count). The maximum Gasteiger partial charge on any atom is 0.233 e. The van der Waals surface area contributed by atoms with Crippen LogP contribution in [0.2, 0.25) is 0 Å². The summed E-state index contributed by atoms with van der Waals surface area (Å²) in [6.45, 7) is 8.24. The number of aliphatic hydroxyl groups is 1. The van der Waals surface area contributed by atoms with Crippen LogP contribution in [0.5, 0.6) is 0 Å². The second-order valence-corrected chi connectivity index (χ2v) is 5.29. The highest BCUT2D eigenvalue weighted by atomic mass is 32.1. The first kappa shape index (κ1) is 13.8. The molecule has 4 heteroatoms. The molecule has 0 saturated carbocycles. The van der Waals surface area contributed by atoms with Gasteiger partial charge in [-0.3, -0.25) is 4.79 Å². The lowest BCUT2D eigenvalue weighted by atomic mass is 9.95. The van der Waals surface area contributed by atoms with E-state index in [1.165, 1.54) is 0 Å². The largest absolute Gasteiger partial charge is 0.396 e. The smallest absolute Gasteiger partial charge is 0.233 e. The third kappa shape index (κ3) is 4.86. The van der Waals surface area contributed by atoms with E-state index < -0.39 is 0 Å². The van der Waals surface area contributed by atoms with E-state index in [0.29, 0.717) is 6.54 Å². The molecule has 0 aromatic heterocycles. The fourth-order valence-electron chi connectivity index (χ4n) is 0.790. The molecule has 0 aliphatic heterocycles. The van der Waals surface area contributed by atoms with E-state index in [0.717, 1.165) is 0 Å². The number of amides is 1. The Kier molecular flexibility index (Phi) is 5.52. The highest BCUT2D eigenvalue weighted by Gasteiger charge is 2.21. The van der Waals surface area contributed by atoms with Gasteiger partial charge in [-0.2, -0.15) is 12.6 Å². The van der Waals surface area contributed by atoms with Crippen LogP contribution in [0, 0.1) is 11.3 Å². The molecule has 0 bridgehead atoms. The van der Waals surface area contributed by atoms with E-state index in [1.54, 1.807) is 0 Å². The summed E-state index contributed by atoms with van der Waals surface area (Å²) in [6, 6.07) is 0. The Bertz CT molecular complexity index is 193. The molecule has 3 nitrogen and oxygen atoms in total. The lowest BCUT2D eigenvalue weighted by molar-refractivity contribution is -0.121. The van der Waals surface area contributed by atoms with Crippen LogP contribution in [-0.4, -0.2) is 29.4 Å². The van der Waals surface area contributed by atoms with E-state index in [-0.39, 0.29) is 29.1 Å². The van der Waals surface area contributed by atoms with Crippen molar-refractivity contribution >= 4 is 18.5 Å². The van der Waals surface area contributed by atoms with Crippen LogP contribution in [0.15, 0.2) is 0 Å². The maximum absolute atomic E-state index is 11.5. The third-order valence-electron chi connectivity index (χ3n) is 2.07. The van der Waals surface area contributed by atoms with E-state index in [9.17, 15) is 4.79 Å². The Balaban J connectivity index is 3.97. The molecule has 2 N–H and O–H groups in total. The minimum absolute atomic E-state index is 0.0617. The van der Waals surface area contributed by atoms with Gasteiger partial charge in [0.1, 0.15) is 0 Å². The van der Waals surface area contributed by atoms with Crippen LogP contribution in [-0.2, 0) is 4.79 Å². The maximum atomic E-state index is 11.5. The van der Waals surface area contributed by atoms with Crippen LogP contribution in [0.4, 0.5) is 0 Å². The zero-order valence-corrected chi connectivity index (χ0v) is 10.3.